The van der Waals surface area contributed by atoms with Crippen LogP contribution >= 0.6 is 0 Å². The van der Waals surface area contributed by atoms with Crippen LogP contribution in [0.15, 0.2) is 109 Å². The quantitative estimate of drug-likeness (QED) is 0.301. The van der Waals surface area contributed by atoms with E-state index in [-0.39, 0.29) is 18.7 Å². The predicted molar refractivity (Wildman–Crippen MR) is 143 cm³/mol. The standard InChI is InChI=1S/C31H30N2O4/c32-31(35)27(33-30(34)20-23-10-4-1-5-11-23)18-26-16-17-28(36-21-24-12-6-2-7-13-24)29(19-26)37-22-25-14-8-3-9-15-25/h1-17,19,27H,18,20-22H2,(H2,32,35)(H,33,34)/t27-/m1/s1. The van der Waals surface area contributed by atoms with Crippen LogP contribution in [0.25, 0.3) is 0 Å². The first kappa shape index (κ1) is 25.5. The van der Waals surface area contributed by atoms with Gasteiger partial charge in [0.1, 0.15) is 19.3 Å². The van der Waals surface area contributed by atoms with Gasteiger partial charge in [0.05, 0.1) is 6.42 Å². The molecule has 0 spiro atoms. The van der Waals surface area contributed by atoms with Crippen LogP contribution in [-0.4, -0.2) is 17.9 Å². The molecule has 4 rings (SSSR count). The van der Waals surface area contributed by atoms with Crippen molar-refractivity contribution in [1.29, 1.82) is 0 Å². The normalized spacial score (nSPS) is 11.4. The molecule has 3 N–H and O–H groups in total. The Morgan fingerprint density at radius 2 is 1.16 bits per heavy atom. The highest BCUT2D eigenvalue weighted by molar-refractivity contribution is 5.87. The molecule has 0 radical (unpaired) electrons. The van der Waals surface area contributed by atoms with E-state index in [1.165, 1.54) is 0 Å². The van der Waals surface area contributed by atoms with Gasteiger partial charge in [0, 0.05) is 6.42 Å². The van der Waals surface area contributed by atoms with Crippen molar-refractivity contribution in [2.45, 2.75) is 32.1 Å². The van der Waals surface area contributed by atoms with Gasteiger partial charge in [-0.25, -0.2) is 0 Å². The van der Waals surface area contributed by atoms with Gasteiger partial charge in [0.2, 0.25) is 11.8 Å². The molecule has 0 fully saturated rings. The summed E-state index contributed by atoms with van der Waals surface area (Å²) in [5, 5.41) is 2.77. The Labute approximate surface area is 217 Å². The maximum atomic E-state index is 12.6. The van der Waals surface area contributed by atoms with Gasteiger partial charge >= 0.3 is 0 Å². The third-order valence-electron chi connectivity index (χ3n) is 5.81. The summed E-state index contributed by atoms with van der Waals surface area (Å²) in [7, 11) is 0. The van der Waals surface area contributed by atoms with Crippen molar-refractivity contribution in [3.05, 3.63) is 131 Å². The summed E-state index contributed by atoms with van der Waals surface area (Å²) in [5.41, 5.74) is 9.34. The Hall–Kier alpha value is -4.58. The topological polar surface area (TPSA) is 90.7 Å². The van der Waals surface area contributed by atoms with Crippen LogP contribution in [-0.2, 0) is 35.6 Å². The molecule has 0 aliphatic rings. The van der Waals surface area contributed by atoms with Crippen LogP contribution in [0, 0.1) is 0 Å². The van der Waals surface area contributed by atoms with Gasteiger partial charge < -0.3 is 20.5 Å². The fourth-order valence-electron chi connectivity index (χ4n) is 3.87. The van der Waals surface area contributed by atoms with E-state index in [1.54, 1.807) is 0 Å². The number of nitrogens with two attached hydrogens (primary N) is 1. The molecule has 1 atom stereocenters. The maximum Gasteiger partial charge on any atom is 0.240 e. The number of hydrogen-bond acceptors (Lipinski definition) is 4. The Balaban J connectivity index is 1.48. The monoisotopic (exact) mass is 494 g/mol. The number of carbonyl (C=O) groups is 2. The zero-order valence-electron chi connectivity index (χ0n) is 20.5. The molecule has 188 valence electrons. The number of benzene rings is 4. The van der Waals surface area contributed by atoms with Crippen molar-refractivity contribution in [1.82, 2.24) is 5.32 Å². The Bertz CT molecular complexity index is 1290. The largest absolute Gasteiger partial charge is 0.485 e. The SMILES string of the molecule is NC(=O)[C@@H](Cc1ccc(OCc2ccccc2)c(OCc2ccccc2)c1)NC(=O)Cc1ccccc1. The minimum Gasteiger partial charge on any atom is -0.485 e. The van der Waals surface area contributed by atoms with Crippen molar-refractivity contribution in [2.24, 2.45) is 5.73 Å². The summed E-state index contributed by atoms with van der Waals surface area (Å²) < 4.78 is 12.2. The van der Waals surface area contributed by atoms with E-state index >= 15 is 0 Å². The van der Waals surface area contributed by atoms with Gasteiger partial charge in [0.25, 0.3) is 0 Å². The highest BCUT2D eigenvalue weighted by Crippen LogP contribution is 2.30. The molecule has 0 bridgehead atoms. The molecular weight excluding hydrogens is 464 g/mol. The molecule has 37 heavy (non-hydrogen) atoms. The fourth-order valence-corrected chi connectivity index (χ4v) is 3.87. The molecule has 0 aromatic heterocycles. The van der Waals surface area contributed by atoms with Crippen LogP contribution in [0.1, 0.15) is 22.3 Å². The van der Waals surface area contributed by atoms with Crippen molar-refractivity contribution in [2.75, 3.05) is 0 Å². The van der Waals surface area contributed by atoms with Gasteiger partial charge in [0.15, 0.2) is 11.5 Å². The van der Waals surface area contributed by atoms with E-state index < -0.39 is 11.9 Å². The summed E-state index contributed by atoms with van der Waals surface area (Å²) >= 11 is 0. The fraction of sp³-hybridized carbons (Fsp3) is 0.161. The lowest BCUT2D eigenvalue weighted by molar-refractivity contribution is -0.127. The van der Waals surface area contributed by atoms with Gasteiger partial charge in [-0.15, -0.1) is 0 Å². The lowest BCUT2D eigenvalue weighted by Gasteiger charge is -2.18. The average molecular weight is 495 g/mol. The zero-order chi connectivity index (χ0) is 25.9. The van der Waals surface area contributed by atoms with E-state index in [0.717, 1.165) is 22.3 Å². The van der Waals surface area contributed by atoms with E-state index in [4.69, 9.17) is 15.2 Å². The number of primary amides is 1. The first-order valence-corrected chi connectivity index (χ1v) is 12.2. The number of carbonyl (C=O) groups excluding carboxylic acids is 2. The van der Waals surface area contributed by atoms with Crippen molar-refractivity contribution in [3.8, 4) is 11.5 Å². The van der Waals surface area contributed by atoms with Crippen LogP contribution in [0.5, 0.6) is 11.5 Å². The summed E-state index contributed by atoms with van der Waals surface area (Å²) in [6.07, 6.45) is 0.402. The van der Waals surface area contributed by atoms with Crippen LogP contribution in [0.3, 0.4) is 0 Å². The van der Waals surface area contributed by atoms with Crippen LogP contribution in [0.4, 0.5) is 0 Å². The summed E-state index contributed by atoms with van der Waals surface area (Å²) in [6, 6.07) is 33.7. The third kappa shape index (κ3) is 7.97. The first-order valence-electron chi connectivity index (χ1n) is 12.2. The average Bonchev–Trinajstić information content (AvgIpc) is 2.92. The maximum absolute atomic E-state index is 12.6. The number of amides is 2. The lowest BCUT2D eigenvalue weighted by atomic mass is 10.0. The number of rotatable bonds is 12. The summed E-state index contributed by atoms with van der Waals surface area (Å²) in [6.45, 7) is 0.750. The minimum absolute atomic E-state index is 0.169. The van der Waals surface area contributed by atoms with E-state index in [1.807, 2.05) is 109 Å². The molecule has 6 nitrogen and oxygen atoms in total. The number of ether oxygens (including phenoxy) is 2. The van der Waals surface area contributed by atoms with Crippen molar-refractivity contribution >= 4 is 11.8 Å². The third-order valence-corrected chi connectivity index (χ3v) is 5.81. The molecule has 0 aliphatic carbocycles. The van der Waals surface area contributed by atoms with Crippen molar-refractivity contribution < 1.29 is 19.1 Å². The van der Waals surface area contributed by atoms with Gasteiger partial charge in [-0.05, 0) is 34.4 Å². The van der Waals surface area contributed by atoms with Crippen LogP contribution < -0.4 is 20.5 Å². The van der Waals surface area contributed by atoms with Gasteiger partial charge in [-0.1, -0.05) is 97.1 Å². The molecule has 0 saturated heterocycles. The van der Waals surface area contributed by atoms with Gasteiger partial charge in [-0.3, -0.25) is 9.59 Å². The summed E-state index contributed by atoms with van der Waals surface area (Å²) in [4.78, 5) is 24.7. The molecule has 0 heterocycles. The highest BCUT2D eigenvalue weighted by atomic mass is 16.5. The Kier molecular flexibility index (Phi) is 8.92. The molecule has 6 heteroatoms. The molecular formula is C31H30N2O4. The second-order valence-corrected chi connectivity index (χ2v) is 8.72. The Morgan fingerprint density at radius 3 is 1.70 bits per heavy atom. The van der Waals surface area contributed by atoms with E-state index in [0.29, 0.717) is 24.7 Å². The first-order chi connectivity index (χ1) is 18.1. The van der Waals surface area contributed by atoms with E-state index in [9.17, 15) is 9.59 Å². The summed E-state index contributed by atoms with van der Waals surface area (Å²) in [5.74, 6) is 0.277. The second kappa shape index (κ2) is 12.9. The molecule has 4 aromatic carbocycles. The Morgan fingerprint density at radius 1 is 0.649 bits per heavy atom. The van der Waals surface area contributed by atoms with Gasteiger partial charge in [-0.2, -0.15) is 0 Å². The van der Waals surface area contributed by atoms with E-state index in [2.05, 4.69) is 5.32 Å². The molecule has 0 unspecified atom stereocenters. The molecule has 0 saturated carbocycles. The zero-order valence-corrected chi connectivity index (χ0v) is 20.5. The molecule has 2 amide bonds. The smallest absolute Gasteiger partial charge is 0.240 e. The van der Waals surface area contributed by atoms with Crippen molar-refractivity contribution in [3.63, 3.8) is 0 Å². The number of nitrogens with one attached hydrogen (secondary N) is 1. The molecule has 0 aliphatic heterocycles. The highest BCUT2D eigenvalue weighted by Gasteiger charge is 2.20. The minimum atomic E-state index is -0.853. The molecule has 4 aromatic rings. The van der Waals surface area contributed by atoms with Crippen LogP contribution in [0.2, 0.25) is 0 Å². The number of hydrogen-bond donors (Lipinski definition) is 2. The second-order valence-electron chi connectivity index (χ2n) is 8.72. The lowest BCUT2D eigenvalue weighted by Crippen LogP contribution is -2.46. The predicted octanol–water partition coefficient (Wildman–Crippen LogP) is 4.60.